The van der Waals surface area contributed by atoms with E-state index in [0.717, 1.165) is 22.0 Å². The highest BCUT2D eigenvalue weighted by atomic mass is 32.2. The van der Waals surface area contributed by atoms with Crippen molar-refractivity contribution in [1.29, 1.82) is 0 Å². The first-order valence-corrected chi connectivity index (χ1v) is 9.95. The number of thioether (sulfide) groups is 2. The molecule has 5 nitrogen and oxygen atoms in total. The molecule has 0 aliphatic carbocycles. The third kappa shape index (κ3) is 4.94. The van der Waals surface area contributed by atoms with Gasteiger partial charge in [-0.2, -0.15) is 4.99 Å². The number of carbonyl (C=O) groups is 2. The van der Waals surface area contributed by atoms with Gasteiger partial charge in [0.15, 0.2) is 9.92 Å². The minimum absolute atomic E-state index is 0.0733. The maximum atomic E-state index is 12.0. The van der Waals surface area contributed by atoms with Crippen LogP contribution in [0.25, 0.3) is 10.2 Å². The number of hydrogen-bond acceptors (Lipinski definition) is 6. The Kier molecular flexibility index (Phi) is 6.88. The molecular weight excluding hydrogens is 352 g/mol. The molecule has 1 aromatic carbocycles. The summed E-state index contributed by atoms with van der Waals surface area (Å²) < 4.78 is 8.22. The smallest absolute Gasteiger partial charge is 0.258 e. The molecule has 0 saturated heterocycles. The molecule has 0 aliphatic heterocycles. The molecule has 8 heteroatoms. The highest BCUT2D eigenvalue weighted by molar-refractivity contribution is 8.14. The zero-order chi connectivity index (χ0) is 16.8. The van der Waals surface area contributed by atoms with Crippen LogP contribution in [0.4, 0.5) is 0 Å². The summed E-state index contributed by atoms with van der Waals surface area (Å²) in [6.45, 7) is 2.61. The van der Waals surface area contributed by atoms with E-state index >= 15 is 0 Å². The van der Waals surface area contributed by atoms with E-state index in [2.05, 4.69) is 17.1 Å². The van der Waals surface area contributed by atoms with Gasteiger partial charge in [0.2, 0.25) is 0 Å². The minimum atomic E-state index is -0.298. The predicted octanol–water partition coefficient (Wildman–Crippen LogP) is 2.78. The first kappa shape index (κ1) is 18.3. The molecule has 0 fully saturated rings. The quantitative estimate of drug-likeness (QED) is 0.732. The van der Waals surface area contributed by atoms with Crippen LogP contribution in [0.5, 0.6) is 0 Å². The third-order valence-electron chi connectivity index (χ3n) is 3.03. The monoisotopic (exact) mass is 370 g/mol. The van der Waals surface area contributed by atoms with Crippen LogP contribution in [-0.4, -0.2) is 41.3 Å². The van der Waals surface area contributed by atoms with Crippen LogP contribution in [0.15, 0.2) is 28.1 Å². The van der Waals surface area contributed by atoms with Crippen LogP contribution in [0.3, 0.4) is 0 Å². The molecule has 2 aromatic rings. The number of nitrogens with zero attached hydrogens (tertiary/aromatic N) is 2. The fourth-order valence-corrected chi connectivity index (χ4v) is 3.99. The van der Waals surface area contributed by atoms with Gasteiger partial charge in [0.05, 0.1) is 22.6 Å². The van der Waals surface area contributed by atoms with Crippen LogP contribution in [0.2, 0.25) is 0 Å². The van der Waals surface area contributed by atoms with Crippen LogP contribution in [0, 0.1) is 0 Å². The van der Waals surface area contributed by atoms with E-state index in [1.165, 1.54) is 23.2 Å². The van der Waals surface area contributed by atoms with Crippen molar-refractivity contribution in [3.05, 3.63) is 23.0 Å². The van der Waals surface area contributed by atoms with Gasteiger partial charge in [-0.15, -0.1) is 11.8 Å². The lowest BCUT2D eigenvalue weighted by Crippen LogP contribution is -2.19. The van der Waals surface area contributed by atoms with Gasteiger partial charge in [0.1, 0.15) is 0 Å². The molecule has 2 rings (SSSR count). The zero-order valence-electron chi connectivity index (χ0n) is 13.2. The topological polar surface area (TPSA) is 60.7 Å². The Balaban J connectivity index is 2.43. The van der Waals surface area contributed by atoms with Crippen molar-refractivity contribution in [3.63, 3.8) is 0 Å². The second kappa shape index (κ2) is 8.68. The van der Waals surface area contributed by atoms with Crippen molar-refractivity contribution in [1.82, 2.24) is 4.57 Å². The molecule has 0 saturated carbocycles. The molecule has 0 unspecified atom stereocenters. The Morgan fingerprint density at radius 3 is 2.83 bits per heavy atom. The highest BCUT2D eigenvalue weighted by Crippen LogP contribution is 2.24. The molecule has 0 spiro atoms. The van der Waals surface area contributed by atoms with E-state index in [4.69, 9.17) is 4.74 Å². The standard InChI is InChI=1S/C15H18N2O3S3/c1-10(18)22-9-14(19)16-15-17(6-7-20-2)12-5-4-11(21-3)8-13(12)23-15/h4-5,8H,6-7,9H2,1-3H3. The first-order valence-electron chi connectivity index (χ1n) is 6.92. The molecule has 0 bridgehead atoms. The number of rotatable bonds is 6. The fraction of sp³-hybridized carbons (Fsp3) is 0.400. The van der Waals surface area contributed by atoms with Gasteiger partial charge < -0.3 is 9.30 Å². The minimum Gasteiger partial charge on any atom is -0.383 e. The summed E-state index contributed by atoms with van der Waals surface area (Å²) >= 11 is 4.14. The second-order valence-electron chi connectivity index (χ2n) is 4.65. The maximum Gasteiger partial charge on any atom is 0.258 e. The first-order chi connectivity index (χ1) is 11.0. The predicted molar refractivity (Wildman–Crippen MR) is 97.2 cm³/mol. The molecule has 1 heterocycles. The Hall–Kier alpha value is -1.09. The summed E-state index contributed by atoms with van der Waals surface area (Å²) in [4.78, 5) is 28.9. The van der Waals surface area contributed by atoms with Gasteiger partial charge in [-0.25, -0.2) is 0 Å². The molecule has 1 amide bonds. The summed E-state index contributed by atoms with van der Waals surface area (Å²) in [6.07, 6.45) is 2.03. The third-order valence-corrected chi connectivity index (χ3v) is 5.59. The summed E-state index contributed by atoms with van der Waals surface area (Å²) in [5, 5.41) is -0.0817. The summed E-state index contributed by atoms with van der Waals surface area (Å²) in [7, 11) is 1.65. The van der Waals surface area contributed by atoms with Crippen molar-refractivity contribution in [3.8, 4) is 0 Å². The second-order valence-corrected chi connectivity index (χ2v) is 7.69. The zero-order valence-corrected chi connectivity index (χ0v) is 15.6. The van der Waals surface area contributed by atoms with Crippen LogP contribution < -0.4 is 4.80 Å². The van der Waals surface area contributed by atoms with E-state index in [9.17, 15) is 9.59 Å². The Morgan fingerprint density at radius 1 is 1.39 bits per heavy atom. The molecule has 1 aromatic heterocycles. The van der Waals surface area contributed by atoms with Crippen LogP contribution in [0.1, 0.15) is 6.92 Å². The average Bonchev–Trinajstić information content (AvgIpc) is 2.86. The number of carbonyl (C=O) groups excluding carboxylic acids is 2. The molecule has 23 heavy (non-hydrogen) atoms. The lowest BCUT2D eigenvalue weighted by atomic mass is 10.3. The molecule has 0 radical (unpaired) electrons. The number of hydrogen-bond donors (Lipinski definition) is 0. The summed E-state index contributed by atoms with van der Waals surface area (Å²) in [5.74, 6) is -0.225. The summed E-state index contributed by atoms with van der Waals surface area (Å²) in [5.41, 5.74) is 1.04. The number of fused-ring (bicyclic) bond motifs is 1. The maximum absolute atomic E-state index is 12.0. The van der Waals surface area contributed by atoms with Gasteiger partial charge in [-0.1, -0.05) is 23.1 Å². The molecular formula is C15H18N2O3S3. The summed E-state index contributed by atoms with van der Waals surface area (Å²) in [6, 6.07) is 6.20. The number of ether oxygens (including phenoxy) is 1. The van der Waals surface area contributed by atoms with Crippen molar-refractivity contribution in [2.45, 2.75) is 18.4 Å². The van der Waals surface area contributed by atoms with Gasteiger partial charge in [0.25, 0.3) is 5.91 Å². The van der Waals surface area contributed by atoms with Gasteiger partial charge >= 0.3 is 0 Å². The van der Waals surface area contributed by atoms with Crippen LogP contribution >= 0.6 is 34.9 Å². The largest absolute Gasteiger partial charge is 0.383 e. The van der Waals surface area contributed by atoms with Gasteiger partial charge in [0, 0.05) is 25.5 Å². The van der Waals surface area contributed by atoms with E-state index in [0.29, 0.717) is 18.0 Å². The van der Waals surface area contributed by atoms with E-state index < -0.39 is 0 Å². The number of benzene rings is 1. The molecule has 0 N–H and O–H groups in total. The number of methoxy groups -OCH3 is 1. The lowest BCUT2D eigenvalue weighted by Gasteiger charge is -2.04. The normalized spacial score (nSPS) is 12.0. The molecule has 0 aliphatic rings. The average molecular weight is 371 g/mol. The van der Waals surface area contributed by atoms with Crippen molar-refractivity contribution in [2.75, 3.05) is 25.7 Å². The highest BCUT2D eigenvalue weighted by Gasteiger charge is 2.09. The Bertz CT molecular complexity index is 780. The number of aromatic nitrogens is 1. The fourth-order valence-electron chi connectivity index (χ4n) is 1.97. The Morgan fingerprint density at radius 2 is 2.17 bits per heavy atom. The van der Waals surface area contributed by atoms with Crippen molar-refractivity contribution < 1.29 is 14.3 Å². The number of amides is 1. The SMILES string of the molecule is COCCn1c(=NC(=O)CSC(C)=O)sc2cc(SC)ccc21. The molecule has 0 atom stereocenters. The van der Waals surface area contributed by atoms with E-state index in [-0.39, 0.29) is 16.8 Å². The lowest BCUT2D eigenvalue weighted by molar-refractivity contribution is -0.116. The van der Waals surface area contributed by atoms with E-state index in [1.54, 1.807) is 18.9 Å². The Labute approximate surface area is 147 Å². The van der Waals surface area contributed by atoms with Gasteiger partial charge in [-0.05, 0) is 24.5 Å². The molecule has 124 valence electrons. The number of thiazole rings is 1. The van der Waals surface area contributed by atoms with Crippen molar-refractivity contribution >= 4 is 56.1 Å². The van der Waals surface area contributed by atoms with Gasteiger partial charge in [-0.3, -0.25) is 9.59 Å². The van der Waals surface area contributed by atoms with Crippen LogP contribution in [-0.2, 0) is 20.9 Å². The van der Waals surface area contributed by atoms with E-state index in [1.807, 2.05) is 16.9 Å². The van der Waals surface area contributed by atoms with Crippen molar-refractivity contribution in [2.24, 2.45) is 4.99 Å².